The third-order valence-corrected chi connectivity index (χ3v) is 4.62. The molecule has 0 radical (unpaired) electrons. The summed E-state index contributed by atoms with van der Waals surface area (Å²) in [5.74, 6) is 0. The van der Waals surface area contributed by atoms with Crippen LogP contribution in [0.5, 0.6) is 0 Å². The van der Waals surface area contributed by atoms with Crippen molar-refractivity contribution in [2.45, 2.75) is 12.5 Å². The van der Waals surface area contributed by atoms with Gasteiger partial charge in [-0.05, 0) is 37.9 Å². The minimum atomic E-state index is -2.51. The summed E-state index contributed by atoms with van der Waals surface area (Å²) < 4.78 is 25.8. The molecule has 0 spiro atoms. The van der Waals surface area contributed by atoms with Gasteiger partial charge in [-0.15, -0.1) is 23.7 Å². The average molecular weight is 357 g/mol. The first-order chi connectivity index (χ1) is 5.52. The van der Waals surface area contributed by atoms with E-state index in [1.807, 2.05) is 0 Å². The molecular weight excluding hydrogens is 351 g/mol. The van der Waals surface area contributed by atoms with Gasteiger partial charge < -0.3 is 5.73 Å². The van der Waals surface area contributed by atoms with E-state index in [0.29, 0.717) is 4.88 Å². The van der Waals surface area contributed by atoms with Crippen molar-refractivity contribution in [3.8, 4) is 0 Å². The number of alkyl halides is 2. The quantitative estimate of drug-likeness (QED) is 0.852. The molecule has 0 aliphatic heterocycles. The number of hydrogen-bond donors (Lipinski definition) is 1. The molecule has 0 bridgehead atoms. The number of rotatable bonds is 2. The van der Waals surface area contributed by atoms with Crippen LogP contribution in [0.3, 0.4) is 0 Å². The second kappa shape index (κ2) is 5.60. The highest BCUT2D eigenvalue weighted by atomic mass is 79.9. The van der Waals surface area contributed by atoms with Crippen molar-refractivity contribution in [1.82, 2.24) is 0 Å². The fraction of sp³-hybridized carbons (Fsp3) is 0.333. The summed E-state index contributed by atoms with van der Waals surface area (Å²) >= 11 is 7.62. The predicted octanol–water partition coefficient (Wildman–Crippen LogP) is 3.96. The van der Waals surface area contributed by atoms with Crippen LogP contribution in [-0.4, -0.2) is 6.43 Å². The molecule has 0 aliphatic carbocycles. The Morgan fingerprint density at radius 2 is 1.92 bits per heavy atom. The van der Waals surface area contributed by atoms with Crippen LogP contribution in [0.1, 0.15) is 10.9 Å². The summed E-state index contributed by atoms with van der Waals surface area (Å²) in [5, 5.41) is 0. The molecule has 7 heteroatoms. The third kappa shape index (κ3) is 3.43. The Morgan fingerprint density at radius 3 is 2.23 bits per heavy atom. The first kappa shape index (κ1) is 13.8. The summed E-state index contributed by atoms with van der Waals surface area (Å²) in [6, 6.07) is 0.420. The number of nitrogens with two attached hydrogens (primary N) is 1. The highest BCUT2D eigenvalue weighted by Gasteiger charge is 2.20. The number of thiophene rings is 1. The second-order valence-corrected chi connectivity index (χ2v) is 5.39. The minimum absolute atomic E-state index is 0. The standard InChI is InChI=1S/C6H5Br2F2NS.ClH/c7-2-1-3(12-5(2)8)4(11)6(9)10;/h1,4,6H,11H2;1H/t4-;/m1./s1. The SMILES string of the molecule is Cl.N[C@H](c1cc(Br)c(Br)s1)C(F)F. The fourth-order valence-corrected chi connectivity index (χ4v) is 2.75. The zero-order valence-electron chi connectivity index (χ0n) is 6.14. The molecule has 1 heterocycles. The van der Waals surface area contributed by atoms with Gasteiger partial charge >= 0.3 is 0 Å². The van der Waals surface area contributed by atoms with E-state index in [0.717, 1.165) is 8.26 Å². The predicted molar refractivity (Wildman–Crippen MR) is 59.9 cm³/mol. The Bertz CT molecular complexity index is 262. The van der Waals surface area contributed by atoms with Crippen molar-refractivity contribution in [2.24, 2.45) is 5.73 Å². The lowest BCUT2D eigenvalue weighted by molar-refractivity contribution is 0.118. The van der Waals surface area contributed by atoms with E-state index < -0.39 is 12.5 Å². The van der Waals surface area contributed by atoms with Crippen molar-refractivity contribution >= 4 is 55.6 Å². The van der Waals surface area contributed by atoms with Gasteiger partial charge in [0.05, 0.1) is 3.79 Å². The Kier molecular flexibility index (Phi) is 5.93. The molecule has 13 heavy (non-hydrogen) atoms. The lowest BCUT2D eigenvalue weighted by Gasteiger charge is -2.05. The van der Waals surface area contributed by atoms with Crippen LogP contribution in [0.2, 0.25) is 0 Å². The molecule has 1 rings (SSSR count). The van der Waals surface area contributed by atoms with Crippen molar-refractivity contribution < 1.29 is 8.78 Å². The zero-order chi connectivity index (χ0) is 9.30. The maximum atomic E-state index is 12.1. The Hall–Kier alpha value is 0.770. The maximum Gasteiger partial charge on any atom is 0.258 e. The summed E-state index contributed by atoms with van der Waals surface area (Å²) in [5.41, 5.74) is 5.24. The molecular formula is C6H6Br2ClF2NS. The molecule has 2 N–H and O–H groups in total. The molecule has 0 aromatic carbocycles. The molecule has 1 nitrogen and oxygen atoms in total. The van der Waals surface area contributed by atoms with Crippen molar-refractivity contribution in [3.05, 3.63) is 19.2 Å². The van der Waals surface area contributed by atoms with Crippen LogP contribution < -0.4 is 5.73 Å². The molecule has 0 amide bonds. The van der Waals surface area contributed by atoms with Crippen LogP contribution in [-0.2, 0) is 0 Å². The van der Waals surface area contributed by atoms with E-state index in [1.54, 1.807) is 6.07 Å². The van der Waals surface area contributed by atoms with Crippen LogP contribution >= 0.6 is 55.6 Å². The van der Waals surface area contributed by atoms with E-state index in [4.69, 9.17) is 5.73 Å². The van der Waals surface area contributed by atoms with Crippen LogP contribution in [0, 0.1) is 0 Å². The highest BCUT2D eigenvalue weighted by Crippen LogP contribution is 2.36. The molecule has 0 unspecified atom stereocenters. The first-order valence-corrected chi connectivity index (χ1v) is 5.41. The highest BCUT2D eigenvalue weighted by molar-refractivity contribution is 9.13. The van der Waals surface area contributed by atoms with E-state index in [-0.39, 0.29) is 12.4 Å². The summed E-state index contributed by atoms with van der Waals surface area (Å²) in [4.78, 5) is 0.476. The summed E-state index contributed by atoms with van der Waals surface area (Å²) in [6.45, 7) is 0. The summed E-state index contributed by atoms with van der Waals surface area (Å²) in [6.07, 6.45) is -2.51. The van der Waals surface area contributed by atoms with Gasteiger partial charge in [-0.3, -0.25) is 0 Å². The van der Waals surface area contributed by atoms with Gasteiger partial charge in [0.1, 0.15) is 6.04 Å². The van der Waals surface area contributed by atoms with Gasteiger partial charge in [-0.2, -0.15) is 0 Å². The normalized spacial score (nSPS) is 12.8. The number of hydrogen-bond acceptors (Lipinski definition) is 2. The Labute approximate surface area is 101 Å². The van der Waals surface area contributed by atoms with E-state index >= 15 is 0 Å². The van der Waals surface area contributed by atoms with E-state index in [1.165, 1.54) is 11.3 Å². The van der Waals surface area contributed by atoms with Gasteiger partial charge in [0.25, 0.3) is 6.43 Å². The van der Waals surface area contributed by atoms with Gasteiger partial charge in [0, 0.05) is 9.35 Å². The molecule has 1 atom stereocenters. The van der Waals surface area contributed by atoms with Gasteiger partial charge in [0.2, 0.25) is 0 Å². The van der Waals surface area contributed by atoms with Crippen LogP contribution in [0.25, 0.3) is 0 Å². The monoisotopic (exact) mass is 355 g/mol. The smallest absolute Gasteiger partial charge is 0.258 e. The zero-order valence-corrected chi connectivity index (χ0v) is 10.9. The molecule has 0 saturated heterocycles. The average Bonchev–Trinajstić information content (AvgIpc) is 2.30. The molecule has 0 saturated carbocycles. The maximum absolute atomic E-state index is 12.1. The lowest BCUT2D eigenvalue weighted by Crippen LogP contribution is -2.17. The van der Waals surface area contributed by atoms with Crippen LogP contribution in [0.4, 0.5) is 8.78 Å². The molecule has 0 fully saturated rings. The third-order valence-electron chi connectivity index (χ3n) is 1.26. The van der Waals surface area contributed by atoms with Gasteiger partial charge in [0.15, 0.2) is 0 Å². The van der Waals surface area contributed by atoms with Crippen molar-refractivity contribution in [3.63, 3.8) is 0 Å². The van der Waals surface area contributed by atoms with E-state index in [2.05, 4.69) is 31.9 Å². The van der Waals surface area contributed by atoms with Gasteiger partial charge in [-0.1, -0.05) is 0 Å². The summed E-state index contributed by atoms with van der Waals surface area (Å²) in [7, 11) is 0. The first-order valence-electron chi connectivity index (χ1n) is 3.01. The topological polar surface area (TPSA) is 26.0 Å². The molecule has 0 aliphatic rings. The molecule has 1 aromatic rings. The largest absolute Gasteiger partial charge is 0.319 e. The molecule has 1 aromatic heterocycles. The van der Waals surface area contributed by atoms with Gasteiger partial charge in [-0.25, -0.2) is 8.78 Å². The Morgan fingerprint density at radius 1 is 1.38 bits per heavy atom. The Balaban J connectivity index is 0.00000144. The van der Waals surface area contributed by atoms with Crippen molar-refractivity contribution in [2.75, 3.05) is 0 Å². The fourth-order valence-electron chi connectivity index (χ4n) is 0.652. The van der Waals surface area contributed by atoms with Crippen LogP contribution in [0.15, 0.2) is 14.3 Å². The lowest BCUT2D eigenvalue weighted by atomic mass is 10.3. The van der Waals surface area contributed by atoms with E-state index in [9.17, 15) is 8.78 Å². The minimum Gasteiger partial charge on any atom is -0.319 e. The second-order valence-electron chi connectivity index (χ2n) is 2.13. The number of halogens is 5. The van der Waals surface area contributed by atoms with Crippen molar-refractivity contribution in [1.29, 1.82) is 0 Å². The molecule has 76 valence electrons.